The number of carbonyl (C=O) groups is 1. The molecule has 0 spiro atoms. The number of ether oxygens (including phenoxy) is 1. The molecule has 88 valence electrons. The van der Waals surface area contributed by atoms with Crippen molar-refractivity contribution in [3.05, 3.63) is 53.9 Å². The molecule has 0 unspecified atom stereocenters. The molecule has 1 aromatic heterocycles. The molecular weight excluding hydrogens is 232 g/mol. The minimum absolute atomic E-state index is 0.0464. The molecule has 2 aromatic rings. The maximum absolute atomic E-state index is 10.8. The summed E-state index contributed by atoms with van der Waals surface area (Å²) in [5.74, 6) is -0.299. The first-order chi connectivity index (χ1) is 8.70. The van der Waals surface area contributed by atoms with Crippen LogP contribution in [0.4, 0.5) is 0 Å². The highest BCUT2D eigenvalue weighted by Gasteiger charge is 2.09. The molecule has 5 heteroatoms. The Morgan fingerprint density at radius 2 is 2.22 bits per heavy atom. The fourth-order valence-corrected chi connectivity index (χ4v) is 1.37. The van der Waals surface area contributed by atoms with Gasteiger partial charge in [-0.1, -0.05) is 0 Å². The van der Waals surface area contributed by atoms with Gasteiger partial charge in [-0.25, -0.2) is 4.79 Å². The summed E-state index contributed by atoms with van der Waals surface area (Å²) in [7, 11) is 0. The van der Waals surface area contributed by atoms with Crippen LogP contribution in [0.1, 0.15) is 15.9 Å². The van der Waals surface area contributed by atoms with Crippen LogP contribution in [0.3, 0.4) is 0 Å². The van der Waals surface area contributed by atoms with Gasteiger partial charge in [0.2, 0.25) is 0 Å². The van der Waals surface area contributed by atoms with E-state index in [0.717, 1.165) is 0 Å². The SMILES string of the molecule is N#Cc1cc(C(=O)O)ccc1Oc1cccnc1. The van der Waals surface area contributed by atoms with E-state index < -0.39 is 5.97 Å². The van der Waals surface area contributed by atoms with E-state index >= 15 is 0 Å². The van der Waals surface area contributed by atoms with E-state index in [0.29, 0.717) is 11.5 Å². The molecule has 0 saturated carbocycles. The number of nitriles is 1. The Balaban J connectivity index is 2.35. The van der Waals surface area contributed by atoms with Crippen molar-refractivity contribution in [2.24, 2.45) is 0 Å². The molecule has 2 rings (SSSR count). The van der Waals surface area contributed by atoms with E-state index in [1.807, 2.05) is 6.07 Å². The zero-order chi connectivity index (χ0) is 13.0. The number of aromatic carboxylic acids is 1. The number of aromatic nitrogens is 1. The smallest absolute Gasteiger partial charge is 0.335 e. The van der Waals surface area contributed by atoms with Crippen molar-refractivity contribution in [2.45, 2.75) is 0 Å². The van der Waals surface area contributed by atoms with Crippen LogP contribution in [-0.2, 0) is 0 Å². The van der Waals surface area contributed by atoms with Crippen LogP contribution in [0.25, 0.3) is 0 Å². The van der Waals surface area contributed by atoms with Gasteiger partial charge in [0.25, 0.3) is 0 Å². The first-order valence-corrected chi connectivity index (χ1v) is 5.06. The van der Waals surface area contributed by atoms with Crippen LogP contribution < -0.4 is 4.74 Å². The molecule has 0 saturated heterocycles. The third-order valence-electron chi connectivity index (χ3n) is 2.21. The molecule has 0 aliphatic heterocycles. The van der Waals surface area contributed by atoms with Crippen LogP contribution in [0.2, 0.25) is 0 Å². The first kappa shape index (κ1) is 11.6. The van der Waals surface area contributed by atoms with Gasteiger partial charge in [-0.15, -0.1) is 0 Å². The average Bonchev–Trinajstić information content (AvgIpc) is 2.40. The zero-order valence-electron chi connectivity index (χ0n) is 9.20. The monoisotopic (exact) mass is 240 g/mol. The lowest BCUT2D eigenvalue weighted by atomic mass is 10.1. The van der Waals surface area contributed by atoms with Gasteiger partial charge in [0.05, 0.1) is 17.3 Å². The highest BCUT2D eigenvalue weighted by Crippen LogP contribution is 2.25. The van der Waals surface area contributed by atoms with Gasteiger partial charge in [-0.05, 0) is 30.3 Å². The molecule has 1 heterocycles. The Bertz CT molecular complexity index is 618. The standard InChI is InChI=1S/C13H8N2O3/c14-7-10-6-9(13(16)17)3-4-12(10)18-11-2-1-5-15-8-11/h1-6,8H,(H,16,17). The van der Waals surface area contributed by atoms with Crippen LogP contribution in [-0.4, -0.2) is 16.1 Å². The number of hydrogen-bond acceptors (Lipinski definition) is 4. The molecule has 1 aromatic carbocycles. The lowest BCUT2D eigenvalue weighted by molar-refractivity contribution is 0.0697. The maximum Gasteiger partial charge on any atom is 0.335 e. The highest BCUT2D eigenvalue weighted by atomic mass is 16.5. The molecular formula is C13H8N2O3. The minimum atomic E-state index is -1.08. The second kappa shape index (κ2) is 4.97. The fraction of sp³-hybridized carbons (Fsp3) is 0. The summed E-state index contributed by atoms with van der Waals surface area (Å²) >= 11 is 0. The van der Waals surface area contributed by atoms with Crippen molar-refractivity contribution in [3.8, 4) is 17.6 Å². The third-order valence-corrected chi connectivity index (χ3v) is 2.21. The number of carboxylic acid groups (broad SMARTS) is 1. The van der Waals surface area contributed by atoms with Crippen LogP contribution in [0.5, 0.6) is 11.5 Å². The Labute approximate surface area is 103 Å². The van der Waals surface area contributed by atoms with Crippen molar-refractivity contribution in [3.63, 3.8) is 0 Å². The Morgan fingerprint density at radius 1 is 1.39 bits per heavy atom. The van der Waals surface area contributed by atoms with Gasteiger partial charge in [0.1, 0.15) is 17.6 Å². The minimum Gasteiger partial charge on any atom is -0.478 e. The summed E-state index contributed by atoms with van der Waals surface area (Å²) < 4.78 is 5.46. The molecule has 0 fully saturated rings. The maximum atomic E-state index is 10.8. The Kier molecular flexibility index (Phi) is 3.21. The van der Waals surface area contributed by atoms with Crippen molar-refractivity contribution in [1.29, 1.82) is 5.26 Å². The van der Waals surface area contributed by atoms with Gasteiger partial charge in [-0.2, -0.15) is 5.26 Å². The van der Waals surface area contributed by atoms with Crippen LogP contribution in [0, 0.1) is 11.3 Å². The largest absolute Gasteiger partial charge is 0.478 e. The lowest BCUT2D eigenvalue weighted by Crippen LogP contribution is -1.98. The quantitative estimate of drug-likeness (QED) is 0.890. The van der Waals surface area contributed by atoms with Crippen molar-refractivity contribution >= 4 is 5.97 Å². The molecule has 18 heavy (non-hydrogen) atoms. The van der Waals surface area contributed by atoms with Gasteiger partial charge in [-0.3, -0.25) is 4.98 Å². The highest BCUT2D eigenvalue weighted by molar-refractivity contribution is 5.88. The predicted octanol–water partition coefficient (Wildman–Crippen LogP) is 2.44. The fourth-order valence-electron chi connectivity index (χ4n) is 1.37. The number of carboxylic acids is 1. The van der Waals surface area contributed by atoms with Crippen molar-refractivity contribution in [1.82, 2.24) is 4.98 Å². The summed E-state index contributed by atoms with van der Waals surface area (Å²) in [4.78, 5) is 14.7. The molecule has 0 amide bonds. The normalized spacial score (nSPS) is 9.50. The number of pyridine rings is 1. The second-order valence-corrected chi connectivity index (χ2v) is 3.42. The predicted molar refractivity (Wildman–Crippen MR) is 62.4 cm³/mol. The Morgan fingerprint density at radius 3 is 2.83 bits per heavy atom. The summed E-state index contributed by atoms with van der Waals surface area (Å²) in [6.45, 7) is 0. The van der Waals surface area contributed by atoms with E-state index in [2.05, 4.69) is 4.98 Å². The van der Waals surface area contributed by atoms with E-state index in [-0.39, 0.29) is 11.1 Å². The summed E-state index contributed by atoms with van der Waals surface area (Å²) in [6.07, 6.45) is 3.11. The van der Waals surface area contributed by atoms with Crippen LogP contribution >= 0.6 is 0 Å². The zero-order valence-corrected chi connectivity index (χ0v) is 9.20. The molecule has 0 radical (unpaired) electrons. The van der Waals surface area contributed by atoms with Gasteiger partial charge >= 0.3 is 5.97 Å². The number of hydrogen-bond donors (Lipinski definition) is 1. The molecule has 0 aliphatic rings. The molecule has 0 atom stereocenters. The topological polar surface area (TPSA) is 83.2 Å². The van der Waals surface area contributed by atoms with E-state index in [4.69, 9.17) is 15.1 Å². The first-order valence-electron chi connectivity index (χ1n) is 5.06. The number of benzene rings is 1. The Hall–Kier alpha value is -2.87. The second-order valence-electron chi connectivity index (χ2n) is 3.42. The molecule has 0 bridgehead atoms. The number of rotatable bonds is 3. The van der Waals surface area contributed by atoms with Crippen molar-refractivity contribution in [2.75, 3.05) is 0 Å². The van der Waals surface area contributed by atoms with E-state index in [9.17, 15) is 4.79 Å². The number of nitrogens with zero attached hydrogens (tertiary/aromatic N) is 2. The molecule has 0 aliphatic carbocycles. The lowest BCUT2D eigenvalue weighted by Gasteiger charge is -2.07. The molecule has 5 nitrogen and oxygen atoms in total. The van der Waals surface area contributed by atoms with Crippen molar-refractivity contribution < 1.29 is 14.6 Å². The van der Waals surface area contributed by atoms with Gasteiger partial charge in [0, 0.05) is 6.20 Å². The molecule has 1 N–H and O–H groups in total. The summed E-state index contributed by atoms with van der Waals surface area (Å²) in [5, 5.41) is 17.8. The third kappa shape index (κ3) is 2.44. The van der Waals surface area contributed by atoms with Gasteiger partial charge in [0.15, 0.2) is 0 Å². The average molecular weight is 240 g/mol. The summed E-state index contributed by atoms with van der Waals surface area (Å²) in [5.41, 5.74) is 0.212. The van der Waals surface area contributed by atoms with Crippen LogP contribution in [0.15, 0.2) is 42.7 Å². The van der Waals surface area contributed by atoms with E-state index in [1.54, 1.807) is 18.3 Å². The van der Waals surface area contributed by atoms with E-state index in [1.165, 1.54) is 24.4 Å². The summed E-state index contributed by atoms with van der Waals surface area (Å²) in [6, 6.07) is 9.41. The van der Waals surface area contributed by atoms with Gasteiger partial charge < -0.3 is 9.84 Å².